The molecule has 16 heavy (non-hydrogen) atoms. The van der Waals surface area contributed by atoms with E-state index in [2.05, 4.69) is 0 Å². The SMILES string of the molecule is NC1(CC2CCCCC2)CCCCCCC1. The van der Waals surface area contributed by atoms with Crippen LogP contribution in [0.15, 0.2) is 0 Å². The quantitative estimate of drug-likeness (QED) is 0.738. The molecule has 2 N–H and O–H groups in total. The first-order valence-corrected chi connectivity index (χ1v) is 7.57. The minimum absolute atomic E-state index is 0.211. The average molecular weight is 223 g/mol. The van der Waals surface area contributed by atoms with Crippen LogP contribution in [-0.4, -0.2) is 5.54 Å². The summed E-state index contributed by atoms with van der Waals surface area (Å²) in [7, 11) is 0. The van der Waals surface area contributed by atoms with E-state index in [0.717, 1.165) is 5.92 Å². The number of hydrogen-bond acceptors (Lipinski definition) is 1. The lowest BCUT2D eigenvalue weighted by atomic mass is 9.74. The maximum Gasteiger partial charge on any atom is 0.0157 e. The standard InChI is InChI=1S/C15H29N/c16-15(11-7-2-1-3-8-12-15)13-14-9-5-4-6-10-14/h14H,1-13,16H2. The van der Waals surface area contributed by atoms with Crippen molar-refractivity contribution in [2.24, 2.45) is 11.7 Å². The Labute approximate surface area is 101 Å². The molecule has 2 aliphatic rings. The van der Waals surface area contributed by atoms with Gasteiger partial charge in [0.15, 0.2) is 0 Å². The molecule has 0 atom stereocenters. The van der Waals surface area contributed by atoms with Crippen molar-refractivity contribution in [3.63, 3.8) is 0 Å². The summed E-state index contributed by atoms with van der Waals surface area (Å²) in [6.45, 7) is 0. The zero-order chi connectivity index (χ0) is 11.3. The highest BCUT2D eigenvalue weighted by atomic mass is 14.7. The molecule has 2 fully saturated rings. The van der Waals surface area contributed by atoms with E-state index in [1.807, 2.05) is 0 Å². The van der Waals surface area contributed by atoms with Gasteiger partial charge in [-0.1, -0.05) is 64.2 Å². The van der Waals surface area contributed by atoms with Gasteiger partial charge in [-0.05, 0) is 25.2 Å². The first-order valence-electron chi connectivity index (χ1n) is 7.57. The third-order valence-electron chi connectivity index (χ3n) is 4.77. The second kappa shape index (κ2) is 6.05. The van der Waals surface area contributed by atoms with Crippen molar-refractivity contribution in [2.45, 2.75) is 89.0 Å². The molecule has 0 spiro atoms. The molecule has 0 aliphatic heterocycles. The Bertz CT molecular complexity index is 186. The van der Waals surface area contributed by atoms with Crippen molar-refractivity contribution >= 4 is 0 Å². The minimum atomic E-state index is 0.211. The Morgan fingerprint density at radius 3 is 1.88 bits per heavy atom. The van der Waals surface area contributed by atoms with Crippen LogP contribution in [0.1, 0.15) is 83.5 Å². The molecule has 0 bridgehead atoms. The normalized spacial score (nSPS) is 28.3. The summed E-state index contributed by atoms with van der Waals surface area (Å²) in [6.07, 6.45) is 18.3. The van der Waals surface area contributed by atoms with Gasteiger partial charge in [-0.2, -0.15) is 0 Å². The molecule has 0 aromatic rings. The molecule has 0 aromatic heterocycles. The van der Waals surface area contributed by atoms with E-state index in [0.29, 0.717) is 0 Å². The molecule has 2 rings (SSSR count). The summed E-state index contributed by atoms with van der Waals surface area (Å²) < 4.78 is 0. The van der Waals surface area contributed by atoms with Crippen LogP contribution >= 0.6 is 0 Å². The van der Waals surface area contributed by atoms with E-state index in [-0.39, 0.29) is 5.54 Å². The molecule has 1 nitrogen and oxygen atoms in total. The van der Waals surface area contributed by atoms with Crippen molar-refractivity contribution in [3.05, 3.63) is 0 Å². The summed E-state index contributed by atoms with van der Waals surface area (Å²) in [4.78, 5) is 0. The summed E-state index contributed by atoms with van der Waals surface area (Å²) in [5.74, 6) is 0.957. The van der Waals surface area contributed by atoms with Gasteiger partial charge in [-0.3, -0.25) is 0 Å². The first-order chi connectivity index (χ1) is 7.79. The molecule has 2 aliphatic carbocycles. The average Bonchev–Trinajstić information content (AvgIpc) is 2.26. The Kier molecular flexibility index (Phi) is 4.69. The van der Waals surface area contributed by atoms with Crippen LogP contribution in [0.2, 0.25) is 0 Å². The van der Waals surface area contributed by atoms with Gasteiger partial charge < -0.3 is 5.73 Å². The Balaban J connectivity index is 1.83. The zero-order valence-corrected chi connectivity index (χ0v) is 10.8. The maximum absolute atomic E-state index is 6.66. The molecule has 0 aromatic carbocycles. The van der Waals surface area contributed by atoms with E-state index in [1.54, 1.807) is 0 Å². The first kappa shape index (κ1) is 12.4. The van der Waals surface area contributed by atoms with Crippen molar-refractivity contribution in [2.75, 3.05) is 0 Å². The highest BCUT2D eigenvalue weighted by Gasteiger charge is 2.29. The van der Waals surface area contributed by atoms with Gasteiger partial charge in [0.2, 0.25) is 0 Å². The summed E-state index contributed by atoms with van der Waals surface area (Å²) in [6, 6.07) is 0. The van der Waals surface area contributed by atoms with Gasteiger partial charge in [0.25, 0.3) is 0 Å². The van der Waals surface area contributed by atoms with Gasteiger partial charge in [-0.25, -0.2) is 0 Å². The molecule has 0 heterocycles. The zero-order valence-electron chi connectivity index (χ0n) is 10.8. The third-order valence-corrected chi connectivity index (χ3v) is 4.77. The third kappa shape index (κ3) is 3.76. The van der Waals surface area contributed by atoms with Crippen LogP contribution in [0.3, 0.4) is 0 Å². The molecule has 0 saturated heterocycles. The van der Waals surface area contributed by atoms with Crippen LogP contribution in [0.25, 0.3) is 0 Å². The van der Waals surface area contributed by atoms with Crippen molar-refractivity contribution in [1.29, 1.82) is 0 Å². The Morgan fingerprint density at radius 2 is 1.25 bits per heavy atom. The van der Waals surface area contributed by atoms with E-state index < -0.39 is 0 Å². The van der Waals surface area contributed by atoms with E-state index in [4.69, 9.17) is 5.73 Å². The second-order valence-electron chi connectivity index (χ2n) is 6.34. The van der Waals surface area contributed by atoms with Crippen LogP contribution in [-0.2, 0) is 0 Å². The van der Waals surface area contributed by atoms with Crippen LogP contribution in [0.5, 0.6) is 0 Å². The van der Waals surface area contributed by atoms with Crippen LogP contribution < -0.4 is 5.73 Å². The highest BCUT2D eigenvalue weighted by Crippen LogP contribution is 2.35. The maximum atomic E-state index is 6.66. The Hall–Kier alpha value is -0.0400. The van der Waals surface area contributed by atoms with Crippen LogP contribution in [0, 0.1) is 5.92 Å². The lowest BCUT2D eigenvalue weighted by Crippen LogP contribution is -2.42. The molecule has 0 unspecified atom stereocenters. The highest BCUT2D eigenvalue weighted by molar-refractivity contribution is 4.88. The Morgan fingerprint density at radius 1 is 0.750 bits per heavy atom. The van der Waals surface area contributed by atoms with Crippen molar-refractivity contribution in [3.8, 4) is 0 Å². The fraction of sp³-hybridized carbons (Fsp3) is 1.00. The van der Waals surface area contributed by atoms with Gasteiger partial charge in [0, 0.05) is 5.54 Å². The lowest BCUT2D eigenvalue weighted by molar-refractivity contribution is 0.219. The molecule has 2 saturated carbocycles. The second-order valence-corrected chi connectivity index (χ2v) is 6.34. The van der Waals surface area contributed by atoms with E-state index in [9.17, 15) is 0 Å². The fourth-order valence-electron chi connectivity index (χ4n) is 3.78. The van der Waals surface area contributed by atoms with Crippen LogP contribution in [0.4, 0.5) is 0 Å². The smallest absolute Gasteiger partial charge is 0.0157 e. The van der Waals surface area contributed by atoms with Gasteiger partial charge in [-0.15, -0.1) is 0 Å². The minimum Gasteiger partial charge on any atom is -0.325 e. The molecule has 0 radical (unpaired) electrons. The van der Waals surface area contributed by atoms with E-state index in [1.165, 1.54) is 83.5 Å². The van der Waals surface area contributed by atoms with Gasteiger partial charge >= 0.3 is 0 Å². The van der Waals surface area contributed by atoms with Crippen molar-refractivity contribution in [1.82, 2.24) is 0 Å². The molecular weight excluding hydrogens is 194 g/mol. The predicted molar refractivity (Wildman–Crippen MR) is 70.4 cm³/mol. The number of nitrogens with two attached hydrogens (primary N) is 1. The molecule has 94 valence electrons. The number of rotatable bonds is 2. The monoisotopic (exact) mass is 223 g/mol. The van der Waals surface area contributed by atoms with Gasteiger partial charge in [0.1, 0.15) is 0 Å². The summed E-state index contributed by atoms with van der Waals surface area (Å²) in [5.41, 5.74) is 6.87. The molecule has 0 amide bonds. The lowest BCUT2D eigenvalue weighted by Gasteiger charge is -2.36. The summed E-state index contributed by atoms with van der Waals surface area (Å²) in [5, 5.41) is 0. The van der Waals surface area contributed by atoms with E-state index >= 15 is 0 Å². The molecule has 1 heteroatoms. The number of hydrogen-bond donors (Lipinski definition) is 1. The molecular formula is C15H29N. The largest absolute Gasteiger partial charge is 0.325 e. The van der Waals surface area contributed by atoms with Crippen molar-refractivity contribution < 1.29 is 0 Å². The predicted octanol–water partition coefficient (Wildman–Crippen LogP) is 4.40. The topological polar surface area (TPSA) is 26.0 Å². The van der Waals surface area contributed by atoms with Gasteiger partial charge in [0.05, 0.1) is 0 Å². The fourth-order valence-corrected chi connectivity index (χ4v) is 3.78. The summed E-state index contributed by atoms with van der Waals surface area (Å²) >= 11 is 0.